The van der Waals surface area contributed by atoms with Crippen LogP contribution in [-0.4, -0.2) is 5.11 Å². The van der Waals surface area contributed by atoms with E-state index in [1.807, 2.05) is 0 Å². The molecule has 1 N–H and O–H groups in total. The first-order chi connectivity index (χ1) is 8.84. The SMILES string of the molecule is O[C@@H]1CCCCc2c1cc1c3c(cccc23)CC1. The van der Waals surface area contributed by atoms with Crippen molar-refractivity contribution >= 4 is 10.8 Å². The number of rotatable bonds is 0. The summed E-state index contributed by atoms with van der Waals surface area (Å²) in [5, 5.41) is 13.2. The standard InChI is InChI=1S/C17H18O/c18-16-7-2-1-5-13-14-6-3-4-11-8-9-12(17(11)14)10-15(13)16/h3-4,6,10,16,18H,1-2,5,7-9H2/t16-/m1/s1. The van der Waals surface area contributed by atoms with E-state index in [4.69, 9.17) is 0 Å². The predicted octanol–water partition coefficient (Wildman–Crippen LogP) is 3.70. The maximum absolute atomic E-state index is 10.3. The van der Waals surface area contributed by atoms with E-state index in [-0.39, 0.29) is 6.10 Å². The summed E-state index contributed by atoms with van der Waals surface area (Å²) in [6.45, 7) is 0. The lowest BCUT2D eigenvalue weighted by atomic mass is 9.91. The van der Waals surface area contributed by atoms with Crippen LogP contribution in [0.4, 0.5) is 0 Å². The highest BCUT2D eigenvalue weighted by Gasteiger charge is 2.23. The number of fused-ring (bicyclic) bond motifs is 2. The van der Waals surface area contributed by atoms with Crippen molar-refractivity contribution in [3.05, 3.63) is 46.5 Å². The van der Waals surface area contributed by atoms with E-state index >= 15 is 0 Å². The number of aliphatic hydroxyl groups is 1. The largest absolute Gasteiger partial charge is 0.388 e. The average Bonchev–Trinajstić information content (AvgIpc) is 2.71. The molecule has 18 heavy (non-hydrogen) atoms. The van der Waals surface area contributed by atoms with Gasteiger partial charge in [-0.15, -0.1) is 0 Å². The molecule has 1 nitrogen and oxygen atoms in total. The Hall–Kier alpha value is -1.34. The zero-order chi connectivity index (χ0) is 12.1. The van der Waals surface area contributed by atoms with E-state index in [1.54, 1.807) is 0 Å². The van der Waals surface area contributed by atoms with Crippen LogP contribution in [0, 0.1) is 0 Å². The topological polar surface area (TPSA) is 20.2 Å². The van der Waals surface area contributed by atoms with Gasteiger partial charge < -0.3 is 5.11 Å². The quantitative estimate of drug-likeness (QED) is 0.694. The van der Waals surface area contributed by atoms with Crippen molar-refractivity contribution < 1.29 is 5.11 Å². The lowest BCUT2D eigenvalue weighted by Crippen LogP contribution is -2.01. The molecule has 0 heterocycles. The van der Waals surface area contributed by atoms with Gasteiger partial charge in [-0.05, 0) is 65.1 Å². The molecule has 92 valence electrons. The summed E-state index contributed by atoms with van der Waals surface area (Å²) in [6.07, 6.45) is 6.49. The maximum Gasteiger partial charge on any atom is 0.0793 e. The van der Waals surface area contributed by atoms with Crippen molar-refractivity contribution in [2.45, 2.75) is 44.6 Å². The lowest BCUT2D eigenvalue weighted by Gasteiger charge is -2.16. The minimum Gasteiger partial charge on any atom is -0.388 e. The Morgan fingerprint density at radius 1 is 1.00 bits per heavy atom. The summed E-state index contributed by atoms with van der Waals surface area (Å²) in [5.41, 5.74) is 5.60. The molecular formula is C17H18O. The second kappa shape index (κ2) is 3.83. The van der Waals surface area contributed by atoms with Crippen LogP contribution in [0.2, 0.25) is 0 Å². The van der Waals surface area contributed by atoms with Crippen molar-refractivity contribution in [2.75, 3.05) is 0 Å². The number of benzene rings is 2. The van der Waals surface area contributed by atoms with E-state index in [2.05, 4.69) is 24.3 Å². The van der Waals surface area contributed by atoms with Crippen LogP contribution in [0.1, 0.15) is 47.6 Å². The first-order valence-corrected chi connectivity index (χ1v) is 7.09. The van der Waals surface area contributed by atoms with Crippen molar-refractivity contribution in [2.24, 2.45) is 0 Å². The molecule has 1 heteroatoms. The molecule has 0 amide bonds. The van der Waals surface area contributed by atoms with Crippen LogP contribution in [0.3, 0.4) is 0 Å². The Labute approximate surface area is 107 Å². The van der Waals surface area contributed by atoms with E-state index in [1.165, 1.54) is 45.9 Å². The van der Waals surface area contributed by atoms with Gasteiger partial charge in [-0.1, -0.05) is 30.7 Å². The molecular weight excluding hydrogens is 220 g/mol. The number of aliphatic hydroxyl groups excluding tert-OH is 1. The normalized spacial score (nSPS) is 21.9. The number of aryl methyl sites for hydroxylation is 3. The zero-order valence-corrected chi connectivity index (χ0v) is 10.6. The Morgan fingerprint density at radius 3 is 2.83 bits per heavy atom. The van der Waals surface area contributed by atoms with E-state index < -0.39 is 0 Å². The van der Waals surface area contributed by atoms with Crippen LogP contribution >= 0.6 is 0 Å². The molecule has 4 rings (SSSR count). The monoisotopic (exact) mass is 238 g/mol. The fourth-order valence-electron chi connectivity index (χ4n) is 3.78. The van der Waals surface area contributed by atoms with Crippen molar-refractivity contribution in [3.8, 4) is 0 Å². The van der Waals surface area contributed by atoms with Crippen LogP contribution in [-0.2, 0) is 19.3 Å². The molecule has 0 saturated carbocycles. The second-order valence-electron chi connectivity index (χ2n) is 5.70. The third-order valence-electron chi connectivity index (χ3n) is 4.65. The number of hydrogen-bond donors (Lipinski definition) is 1. The van der Waals surface area contributed by atoms with Gasteiger partial charge in [-0.2, -0.15) is 0 Å². The van der Waals surface area contributed by atoms with Gasteiger partial charge in [0, 0.05) is 0 Å². The second-order valence-corrected chi connectivity index (χ2v) is 5.70. The van der Waals surface area contributed by atoms with E-state index in [0.29, 0.717) is 0 Å². The summed E-state index contributed by atoms with van der Waals surface area (Å²) >= 11 is 0. The van der Waals surface area contributed by atoms with Crippen LogP contribution < -0.4 is 0 Å². The highest BCUT2D eigenvalue weighted by molar-refractivity contribution is 5.94. The summed E-state index contributed by atoms with van der Waals surface area (Å²) < 4.78 is 0. The molecule has 0 aromatic heterocycles. The Balaban J connectivity index is 2.09. The minimum atomic E-state index is -0.243. The van der Waals surface area contributed by atoms with Gasteiger partial charge in [0.05, 0.1) is 6.10 Å². The average molecular weight is 238 g/mol. The number of hydrogen-bond acceptors (Lipinski definition) is 1. The molecule has 0 saturated heterocycles. The fourth-order valence-corrected chi connectivity index (χ4v) is 3.78. The van der Waals surface area contributed by atoms with Crippen molar-refractivity contribution in [1.29, 1.82) is 0 Å². The fraction of sp³-hybridized carbons (Fsp3) is 0.412. The van der Waals surface area contributed by atoms with Gasteiger partial charge in [-0.3, -0.25) is 0 Å². The molecule has 2 aliphatic rings. The molecule has 1 atom stereocenters. The van der Waals surface area contributed by atoms with E-state index in [9.17, 15) is 5.11 Å². The molecule has 2 aliphatic carbocycles. The van der Waals surface area contributed by atoms with E-state index in [0.717, 1.165) is 25.7 Å². The molecule has 2 aromatic carbocycles. The Bertz CT molecular complexity index is 627. The smallest absolute Gasteiger partial charge is 0.0793 e. The predicted molar refractivity (Wildman–Crippen MR) is 73.9 cm³/mol. The highest BCUT2D eigenvalue weighted by atomic mass is 16.3. The van der Waals surface area contributed by atoms with Gasteiger partial charge >= 0.3 is 0 Å². The molecule has 0 unspecified atom stereocenters. The van der Waals surface area contributed by atoms with Gasteiger partial charge in [0.25, 0.3) is 0 Å². The highest BCUT2D eigenvalue weighted by Crippen LogP contribution is 2.39. The summed E-state index contributed by atoms with van der Waals surface area (Å²) in [5.74, 6) is 0. The van der Waals surface area contributed by atoms with Gasteiger partial charge in [0.15, 0.2) is 0 Å². The van der Waals surface area contributed by atoms with Crippen molar-refractivity contribution in [1.82, 2.24) is 0 Å². The first kappa shape index (κ1) is 10.6. The molecule has 2 aromatic rings. The lowest BCUT2D eigenvalue weighted by molar-refractivity contribution is 0.166. The summed E-state index contributed by atoms with van der Waals surface area (Å²) in [4.78, 5) is 0. The molecule has 0 bridgehead atoms. The summed E-state index contributed by atoms with van der Waals surface area (Å²) in [7, 11) is 0. The maximum atomic E-state index is 10.3. The third-order valence-corrected chi connectivity index (χ3v) is 4.65. The van der Waals surface area contributed by atoms with Crippen LogP contribution in [0.5, 0.6) is 0 Å². The molecule has 0 fully saturated rings. The van der Waals surface area contributed by atoms with Crippen molar-refractivity contribution in [3.63, 3.8) is 0 Å². The molecule has 0 radical (unpaired) electrons. The van der Waals surface area contributed by atoms with Gasteiger partial charge in [-0.25, -0.2) is 0 Å². The Kier molecular flexibility index (Phi) is 2.25. The molecule has 0 aliphatic heterocycles. The Morgan fingerprint density at radius 2 is 1.89 bits per heavy atom. The zero-order valence-electron chi connectivity index (χ0n) is 10.6. The molecule has 0 spiro atoms. The van der Waals surface area contributed by atoms with Crippen LogP contribution in [0.15, 0.2) is 24.3 Å². The van der Waals surface area contributed by atoms with Gasteiger partial charge in [0.1, 0.15) is 0 Å². The third kappa shape index (κ3) is 1.37. The first-order valence-electron chi connectivity index (χ1n) is 7.09. The minimum absolute atomic E-state index is 0.243. The summed E-state index contributed by atoms with van der Waals surface area (Å²) in [6, 6.07) is 9.00. The van der Waals surface area contributed by atoms with Crippen LogP contribution in [0.25, 0.3) is 10.8 Å². The van der Waals surface area contributed by atoms with Gasteiger partial charge in [0.2, 0.25) is 0 Å².